The van der Waals surface area contributed by atoms with Crippen LogP contribution >= 0.6 is 0 Å². The zero-order valence-electron chi connectivity index (χ0n) is 16.5. The van der Waals surface area contributed by atoms with Crippen molar-refractivity contribution in [1.29, 1.82) is 0 Å². The molecule has 1 aliphatic heterocycles. The van der Waals surface area contributed by atoms with Crippen LogP contribution in [0, 0.1) is 12.7 Å². The van der Waals surface area contributed by atoms with E-state index in [0.29, 0.717) is 24.4 Å². The molecule has 1 aliphatic rings. The first kappa shape index (κ1) is 19.0. The fourth-order valence-electron chi connectivity index (χ4n) is 3.41. The van der Waals surface area contributed by atoms with Crippen LogP contribution in [-0.4, -0.2) is 28.7 Å². The Balaban J connectivity index is 1.68. The van der Waals surface area contributed by atoms with E-state index in [1.807, 2.05) is 25.1 Å². The summed E-state index contributed by atoms with van der Waals surface area (Å²) in [5.74, 6) is 0.247. The van der Waals surface area contributed by atoms with Crippen LogP contribution < -0.4 is 5.32 Å². The number of ether oxygens (including phenoxy) is 2. The van der Waals surface area contributed by atoms with Gasteiger partial charge in [-0.3, -0.25) is 4.79 Å². The normalized spacial score (nSPS) is 13.8. The average molecular weight is 395 g/mol. The van der Waals surface area contributed by atoms with E-state index in [2.05, 4.69) is 28.7 Å². The topological polar surface area (TPSA) is 65.4 Å². The van der Waals surface area contributed by atoms with Crippen LogP contribution in [0.4, 0.5) is 10.1 Å². The van der Waals surface area contributed by atoms with Crippen molar-refractivity contribution in [1.82, 2.24) is 9.55 Å². The van der Waals surface area contributed by atoms with Crippen molar-refractivity contribution in [3.05, 3.63) is 59.8 Å². The number of aryl methyl sites for hydroxylation is 1. The van der Waals surface area contributed by atoms with Gasteiger partial charge in [-0.2, -0.15) is 0 Å². The standard InChI is InChI=1S/C22H22FN3O3/c1-13(2)26-19-7-5-16(23)11-18(19)24-21(26)15-4-6-17(14(3)10-15)25-22(27)20-12-28-8-9-29-20/h4-7,10-13H,8-9H2,1-3H3,(H,25,27). The predicted molar refractivity (Wildman–Crippen MR) is 109 cm³/mol. The zero-order valence-corrected chi connectivity index (χ0v) is 16.5. The fraction of sp³-hybridized carbons (Fsp3) is 0.273. The highest BCUT2D eigenvalue weighted by Gasteiger charge is 2.18. The highest BCUT2D eigenvalue weighted by molar-refractivity contribution is 6.02. The number of aromatic nitrogens is 2. The summed E-state index contributed by atoms with van der Waals surface area (Å²) < 4.78 is 26.2. The number of amides is 1. The molecule has 0 atom stereocenters. The highest BCUT2D eigenvalue weighted by atomic mass is 19.1. The lowest BCUT2D eigenvalue weighted by molar-refractivity contribution is -0.117. The molecule has 0 bridgehead atoms. The third-order valence-corrected chi connectivity index (χ3v) is 4.77. The lowest BCUT2D eigenvalue weighted by Gasteiger charge is -2.17. The number of carbonyl (C=O) groups excluding carboxylic acids is 1. The van der Waals surface area contributed by atoms with Gasteiger partial charge in [0.2, 0.25) is 5.76 Å². The molecular formula is C22H22FN3O3. The van der Waals surface area contributed by atoms with Gasteiger partial charge in [-0.25, -0.2) is 9.37 Å². The summed E-state index contributed by atoms with van der Waals surface area (Å²) in [6, 6.07) is 10.5. The third kappa shape index (κ3) is 3.68. The quantitative estimate of drug-likeness (QED) is 0.703. The molecule has 1 amide bonds. The van der Waals surface area contributed by atoms with Crippen LogP contribution in [0.15, 0.2) is 48.4 Å². The number of halogens is 1. The molecule has 4 rings (SSSR count). The Bertz CT molecular complexity index is 1120. The monoisotopic (exact) mass is 395 g/mol. The SMILES string of the molecule is Cc1cc(-c2nc3cc(F)ccc3n2C(C)C)ccc1NC(=O)C1=COCCO1. The van der Waals surface area contributed by atoms with Crippen molar-refractivity contribution in [2.75, 3.05) is 18.5 Å². The summed E-state index contributed by atoms with van der Waals surface area (Å²) in [5.41, 5.74) is 3.94. The van der Waals surface area contributed by atoms with Gasteiger partial charge in [0.15, 0.2) is 0 Å². The highest BCUT2D eigenvalue weighted by Crippen LogP contribution is 2.31. The number of nitrogens with zero attached hydrogens (tertiary/aromatic N) is 2. The number of rotatable bonds is 4. The molecule has 1 aromatic heterocycles. The molecule has 2 heterocycles. The molecule has 0 saturated heterocycles. The molecule has 2 aromatic carbocycles. The molecule has 0 saturated carbocycles. The molecule has 7 heteroatoms. The summed E-state index contributed by atoms with van der Waals surface area (Å²) in [5, 5.41) is 2.84. The fourth-order valence-corrected chi connectivity index (χ4v) is 3.41. The van der Waals surface area contributed by atoms with Crippen LogP contribution in [0.3, 0.4) is 0 Å². The maximum atomic E-state index is 13.7. The molecule has 0 spiro atoms. The number of nitrogens with one attached hydrogen (secondary N) is 1. The van der Waals surface area contributed by atoms with Gasteiger partial charge < -0.3 is 19.4 Å². The summed E-state index contributed by atoms with van der Waals surface area (Å²) in [6.45, 7) is 6.83. The Morgan fingerprint density at radius 3 is 2.72 bits per heavy atom. The predicted octanol–water partition coefficient (Wildman–Crippen LogP) is 4.56. The first-order chi connectivity index (χ1) is 13.9. The number of carbonyl (C=O) groups is 1. The summed E-state index contributed by atoms with van der Waals surface area (Å²) in [4.78, 5) is 17.0. The molecule has 3 aromatic rings. The van der Waals surface area contributed by atoms with E-state index in [0.717, 1.165) is 22.5 Å². The van der Waals surface area contributed by atoms with E-state index in [9.17, 15) is 9.18 Å². The minimum atomic E-state index is -0.356. The molecule has 29 heavy (non-hydrogen) atoms. The molecule has 0 radical (unpaired) electrons. The number of imidazole rings is 1. The number of hydrogen-bond acceptors (Lipinski definition) is 4. The van der Waals surface area contributed by atoms with Gasteiger partial charge in [0.05, 0.1) is 11.0 Å². The van der Waals surface area contributed by atoms with E-state index in [-0.39, 0.29) is 23.5 Å². The largest absolute Gasteiger partial charge is 0.494 e. The first-order valence-electron chi connectivity index (χ1n) is 9.48. The number of benzene rings is 2. The second-order valence-electron chi connectivity index (χ2n) is 7.22. The van der Waals surface area contributed by atoms with Gasteiger partial charge in [-0.15, -0.1) is 0 Å². The summed E-state index contributed by atoms with van der Waals surface area (Å²) in [7, 11) is 0. The molecule has 150 valence electrons. The van der Waals surface area contributed by atoms with Crippen molar-refractivity contribution in [2.24, 2.45) is 0 Å². The zero-order chi connectivity index (χ0) is 20.5. The van der Waals surface area contributed by atoms with Crippen molar-refractivity contribution in [2.45, 2.75) is 26.8 Å². The van der Waals surface area contributed by atoms with Gasteiger partial charge in [0.25, 0.3) is 5.91 Å². The van der Waals surface area contributed by atoms with Gasteiger partial charge in [0.1, 0.15) is 31.1 Å². The molecule has 1 N–H and O–H groups in total. The van der Waals surface area contributed by atoms with Crippen molar-refractivity contribution >= 4 is 22.6 Å². The van der Waals surface area contributed by atoms with Crippen LogP contribution in [-0.2, 0) is 14.3 Å². The Morgan fingerprint density at radius 1 is 1.21 bits per heavy atom. The second kappa shape index (κ2) is 7.58. The first-order valence-corrected chi connectivity index (χ1v) is 9.48. The molecule has 0 fully saturated rings. The minimum Gasteiger partial charge on any atom is -0.494 e. The van der Waals surface area contributed by atoms with Crippen molar-refractivity contribution in [3.8, 4) is 11.4 Å². The summed E-state index contributed by atoms with van der Waals surface area (Å²) in [6.07, 6.45) is 1.33. The van der Waals surface area contributed by atoms with Crippen LogP contribution in [0.25, 0.3) is 22.4 Å². The van der Waals surface area contributed by atoms with E-state index in [1.54, 1.807) is 6.07 Å². The van der Waals surface area contributed by atoms with Gasteiger partial charge >= 0.3 is 0 Å². The lowest BCUT2D eigenvalue weighted by atomic mass is 10.1. The number of hydrogen-bond donors (Lipinski definition) is 1. The maximum absolute atomic E-state index is 13.7. The van der Waals surface area contributed by atoms with E-state index >= 15 is 0 Å². The van der Waals surface area contributed by atoms with E-state index in [1.165, 1.54) is 18.4 Å². The van der Waals surface area contributed by atoms with Gasteiger partial charge in [-0.05, 0) is 56.7 Å². The van der Waals surface area contributed by atoms with Crippen molar-refractivity contribution in [3.63, 3.8) is 0 Å². The van der Waals surface area contributed by atoms with Gasteiger partial charge in [0, 0.05) is 23.4 Å². The van der Waals surface area contributed by atoms with Gasteiger partial charge in [-0.1, -0.05) is 0 Å². The maximum Gasteiger partial charge on any atom is 0.294 e. The smallest absolute Gasteiger partial charge is 0.294 e. The van der Waals surface area contributed by atoms with Crippen LogP contribution in [0.2, 0.25) is 0 Å². The second-order valence-corrected chi connectivity index (χ2v) is 7.22. The van der Waals surface area contributed by atoms with E-state index < -0.39 is 0 Å². The molecule has 6 nitrogen and oxygen atoms in total. The number of anilines is 1. The number of fused-ring (bicyclic) bond motifs is 1. The summed E-state index contributed by atoms with van der Waals surface area (Å²) >= 11 is 0. The Labute approximate surface area is 168 Å². The Hall–Kier alpha value is -3.35. The van der Waals surface area contributed by atoms with Crippen LogP contribution in [0.5, 0.6) is 0 Å². The average Bonchev–Trinajstić information content (AvgIpc) is 3.09. The Kier molecular flexibility index (Phi) is 4.96. The van der Waals surface area contributed by atoms with Crippen LogP contribution in [0.1, 0.15) is 25.5 Å². The molecular weight excluding hydrogens is 373 g/mol. The minimum absolute atomic E-state index is 0.149. The lowest BCUT2D eigenvalue weighted by Crippen LogP contribution is -2.21. The Morgan fingerprint density at radius 2 is 2.03 bits per heavy atom. The third-order valence-electron chi connectivity index (χ3n) is 4.77. The van der Waals surface area contributed by atoms with E-state index in [4.69, 9.17) is 9.47 Å². The molecule has 0 unspecified atom stereocenters. The molecule has 0 aliphatic carbocycles. The van der Waals surface area contributed by atoms with Crippen molar-refractivity contribution < 1.29 is 18.7 Å².